The van der Waals surface area contributed by atoms with Gasteiger partial charge in [-0.2, -0.15) is 5.10 Å². The van der Waals surface area contributed by atoms with Crippen LogP contribution >= 0.6 is 23.2 Å². The van der Waals surface area contributed by atoms with Crippen LogP contribution in [0.4, 0.5) is 5.82 Å². The monoisotopic (exact) mass is 339 g/mol. The first kappa shape index (κ1) is 15.7. The first-order valence-electron chi connectivity index (χ1n) is 7.47. The van der Waals surface area contributed by atoms with Crippen LogP contribution in [0.5, 0.6) is 0 Å². The van der Waals surface area contributed by atoms with Crippen molar-refractivity contribution in [1.29, 1.82) is 0 Å². The maximum atomic E-state index is 9.61. The highest BCUT2D eigenvalue weighted by Crippen LogP contribution is 2.35. The number of aliphatic hydroxyl groups excluding tert-OH is 1. The van der Waals surface area contributed by atoms with E-state index in [4.69, 9.17) is 23.2 Å². The molecule has 0 radical (unpaired) electrons. The van der Waals surface area contributed by atoms with Gasteiger partial charge in [-0.15, -0.1) is 0 Å². The van der Waals surface area contributed by atoms with Crippen LogP contribution in [0.1, 0.15) is 19.3 Å². The molecule has 1 aromatic carbocycles. The zero-order valence-corrected chi connectivity index (χ0v) is 14.0. The predicted octanol–water partition coefficient (Wildman–Crippen LogP) is 3.75. The van der Waals surface area contributed by atoms with E-state index in [2.05, 4.69) is 10.00 Å². The van der Waals surface area contributed by atoms with Gasteiger partial charge in [-0.05, 0) is 25.3 Å². The minimum atomic E-state index is 0.159. The molecular weight excluding hydrogens is 321 g/mol. The molecule has 3 rings (SSSR count). The molecule has 4 nitrogen and oxygen atoms in total. The summed E-state index contributed by atoms with van der Waals surface area (Å²) in [6.07, 6.45) is 3.30. The Morgan fingerprint density at radius 3 is 2.91 bits per heavy atom. The third-order valence-corrected chi connectivity index (χ3v) is 5.03. The third-order valence-electron chi connectivity index (χ3n) is 4.21. The molecule has 0 spiro atoms. The SMILES string of the molecule is Cn1nc(-c2cccc(Cl)c2Cl)cc1N1CCCCC1CO. The van der Waals surface area contributed by atoms with Crippen LogP contribution in [0.3, 0.4) is 0 Å². The minimum absolute atomic E-state index is 0.159. The van der Waals surface area contributed by atoms with Crippen molar-refractivity contribution in [2.45, 2.75) is 25.3 Å². The smallest absolute Gasteiger partial charge is 0.127 e. The molecular formula is C16H19Cl2N3O. The van der Waals surface area contributed by atoms with E-state index in [1.54, 1.807) is 6.07 Å². The number of nitrogens with zero attached hydrogens (tertiary/aromatic N) is 3. The van der Waals surface area contributed by atoms with Crippen molar-refractivity contribution < 1.29 is 5.11 Å². The van der Waals surface area contributed by atoms with Crippen molar-refractivity contribution in [3.05, 3.63) is 34.3 Å². The van der Waals surface area contributed by atoms with E-state index in [1.807, 2.05) is 29.9 Å². The van der Waals surface area contributed by atoms with Gasteiger partial charge in [0.2, 0.25) is 0 Å². The van der Waals surface area contributed by atoms with E-state index in [1.165, 1.54) is 0 Å². The molecule has 2 aromatic rings. The molecule has 0 amide bonds. The highest BCUT2D eigenvalue weighted by Gasteiger charge is 2.25. The first-order valence-corrected chi connectivity index (χ1v) is 8.23. The second-order valence-corrected chi connectivity index (χ2v) is 6.42. The van der Waals surface area contributed by atoms with Crippen molar-refractivity contribution in [3.8, 4) is 11.3 Å². The van der Waals surface area contributed by atoms with E-state index in [0.29, 0.717) is 10.0 Å². The molecule has 2 heterocycles. The first-order chi connectivity index (χ1) is 10.6. The maximum absolute atomic E-state index is 9.61. The normalized spacial score (nSPS) is 18.7. The lowest BCUT2D eigenvalue weighted by atomic mass is 10.0. The van der Waals surface area contributed by atoms with Crippen molar-refractivity contribution in [3.63, 3.8) is 0 Å². The average molecular weight is 340 g/mol. The van der Waals surface area contributed by atoms with Gasteiger partial charge in [0.25, 0.3) is 0 Å². The Morgan fingerprint density at radius 2 is 2.14 bits per heavy atom. The summed E-state index contributed by atoms with van der Waals surface area (Å²) >= 11 is 12.4. The number of hydrogen-bond donors (Lipinski definition) is 1. The minimum Gasteiger partial charge on any atom is -0.394 e. The fourth-order valence-electron chi connectivity index (χ4n) is 3.05. The second-order valence-electron chi connectivity index (χ2n) is 5.64. The molecule has 0 aliphatic carbocycles. The molecule has 1 fully saturated rings. The predicted molar refractivity (Wildman–Crippen MR) is 90.7 cm³/mol. The number of benzene rings is 1. The van der Waals surface area contributed by atoms with Gasteiger partial charge in [0.05, 0.1) is 28.4 Å². The van der Waals surface area contributed by atoms with Gasteiger partial charge in [-0.25, -0.2) is 0 Å². The fourth-order valence-corrected chi connectivity index (χ4v) is 3.45. The summed E-state index contributed by atoms with van der Waals surface area (Å²) in [6, 6.07) is 7.73. The lowest BCUT2D eigenvalue weighted by Crippen LogP contribution is -2.42. The molecule has 1 atom stereocenters. The number of aromatic nitrogens is 2. The van der Waals surface area contributed by atoms with Crippen molar-refractivity contribution in [2.75, 3.05) is 18.1 Å². The molecule has 6 heteroatoms. The number of aliphatic hydroxyl groups is 1. The zero-order valence-electron chi connectivity index (χ0n) is 12.5. The Bertz CT molecular complexity index is 671. The Balaban J connectivity index is 1.98. The quantitative estimate of drug-likeness (QED) is 0.925. The summed E-state index contributed by atoms with van der Waals surface area (Å²) in [6.45, 7) is 1.10. The Kier molecular flexibility index (Phi) is 4.62. The van der Waals surface area contributed by atoms with E-state index in [9.17, 15) is 5.11 Å². The van der Waals surface area contributed by atoms with Gasteiger partial charge in [-0.1, -0.05) is 35.3 Å². The highest BCUT2D eigenvalue weighted by molar-refractivity contribution is 6.43. The molecule has 0 bridgehead atoms. The summed E-state index contributed by atoms with van der Waals surface area (Å²) in [4.78, 5) is 2.23. The molecule has 1 aliphatic heterocycles. The molecule has 1 saturated heterocycles. The van der Waals surface area contributed by atoms with Crippen molar-refractivity contribution >= 4 is 29.0 Å². The Labute approximate surface area is 140 Å². The van der Waals surface area contributed by atoms with Gasteiger partial charge in [0, 0.05) is 25.2 Å². The van der Waals surface area contributed by atoms with Crippen LogP contribution in [-0.4, -0.2) is 34.1 Å². The topological polar surface area (TPSA) is 41.3 Å². The number of piperidine rings is 1. The lowest BCUT2D eigenvalue weighted by Gasteiger charge is -2.35. The number of rotatable bonds is 3. The summed E-state index contributed by atoms with van der Waals surface area (Å²) in [5.74, 6) is 1.00. The lowest BCUT2D eigenvalue weighted by molar-refractivity contribution is 0.238. The summed E-state index contributed by atoms with van der Waals surface area (Å²) < 4.78 is 1.85. The number of aryl methyl sites for hydroxylation is 1. The van der Waals surface area contributed by atoms with Gasteiger partial charge < -0.3 is 10.0 Å². The molecule has 118 valence electrons. The Morgan fingerprint density at radius 1 is 1.32 bits per heavy atom. The highest BCUT2D eigenvalue weighted by atomic mass is 35.5. The number of anilines is 1. The van der Waals surface area contributed by atoms with Crippen LogP contribution in [0, 0.1) is 0 Å². The second kappa shape index (κ2) is 6.49. The fraction of sp³-hybridized carbons (Fsp3) is 0.438. The Hall–Kier alpha value is -1.23. The zero-order chi connectivity index (χ0) is 15.7. The van der Waals surface area contributed by atoms with Gasteiger partial charge in [0.15, 0.2) is 0 Å². The number of hydrogen-bond acceptors (Lipinski definition) is 3. The third kappa shape index (κ3) is 2.83. The van der Waals surface area contributed by atoms with E-state index in [0.717, 1.165) is 42.9 Å². The van der Waals surface area contributed by atoms with Crippen molar-refractivity contribution in [2.24, 2.45) is 7.05 Å². The molecule has 1 aromatic heterocycles. The van der Waals surface area contributed by atoms with E-state index >= 15 is 0 Å². The largest absolute Gasteiger partial charge is 0.394 e. The van der Waals surface area contributed by atoms with Crippen LogP contribution in [0.25, 0.3) is 11.3 Å². The van der Waals surface area contributed by atoms with Crippen LogP contribution in [0.2, 0.25) is 10.0 Å². The van der Waals surface area contributed by atoms with Crippen LogP contribution in [0.15, 0.2) is 24.3 Å². The van der Waals surface area contributed by atoms with E-state index < -0.39 is 0 Å². The van der Waals surface area contributed by atoms with Gasteiger partial charge in [0.1, 0.15) is 5.82 Å². The van der Waals surface area contributed by atoms with Crippen LogP contribution < -0.4 is 4.90 Å². The maximum Gasteiger partial charge on any atom is 0.127 e. The summed E-state index contributed by atoms with van der Waals surface area (Å²) in [5, 5.41) is 15.2. The van der Waals surface area contributed by atoms with Crippen LogP contribution in [-0.2, 0) is 7.05 Å². The van der Waals surface area contributed by atoms with Gasteiger partial charge >= 0.3 is 0 Å². The number of halogens is 2. The molecule has 1 aliphatic rings. The molecule has 22 heavy (non-hydrogen) atoms. The van der Waals surface area contributed by atoms with Crippen molar-refractivity contribution in [1.82, 2.24) is 9.78 Å². The van der Waals surface area contributed by atoms with Gasteiger partial charge in [-0.3, -0.25) is 4.68 Å². The van der Waals surface area contributed by atoms with E-state index in [-0.39, 0.29) is 12.6 Å². The average Bonchev–Trinajstić information content (AvgIpc) is 2.91. The molecule has 1 N–H and O–H groups in total. The summed E-state index contributed by atoms with van der Waals surface area (Å²) in [7, 11) is 1.92. The standard InChI is InChI=1S/C16H19Cl2N3O/c1-20-15(21-8-3-2-5-11(21)10-22)9-14(19-20)12-6-4-7-13(17)16(12)18/h4,6-7,9,11,22H,2-3,5,8,10H2,1H3. The molecule has 0 saturated carbocycles. The molecule has 1 unspecified atom stereocenters. The summed E-state index contributed by atoms with van der Waals surface area (Å²) in [5.41, 5.74) is 1.63.